The monoisotopic (exact) mass is 612 g/mol. The zero-order chi connectivity index (χ0) is 30.9. The molecular formula is C29H27F3N6O4S. The van der Waals surface area contributed by atoms with Gasteiger partial charge in [-0.2, -0.15) is 18.4 Å². The van der Waals surface area contributed by atoms with Gasteiger partial charge in [-0.3, -0.25) is 4.79 Å². The van der Waals surface area contributed by atoms with Gasteiger partial charge in [0, 0.05) is 29.4 Å². The second kappa shape index (κ2) is 11.6. The highest BCUT2D eigenvalue weighted by Gasteiger charge is 2.34. The lowest BCUT2D eigenvalue weighted by molar-refractivity contribution is -0.149. The number of nitrogens with one attached hydrogen (secondary N) is 1. The van der Waals surface area contributed by atoms with Crippen molar-refractivity contribution in [2.24, 2.45) is 5.92 Å². The van der Waals surface area contributed by atoms with Gasteiger partial charge in [-0.25, -0.2) is 27.3 Å². The van der Waals surface area contributed by atoms with Crippen molar-refractivity contribution in [2.45, 2.75) is 56.6 Å². The number of carbonyl (C=O) groups is 1. The third-order valence-corrected chi connectivity index (χ3v) is 8.97. The molecule has 14 heteroatoms. The molecular weight excluding hydrogens is 585 g/mol. The van der Waals surface area contributed by atoms with Crippen LogP contribution in [0, 0.1) is 24.2 Å². The number of hydrogen-bond donors (Lipinski definition) is 1. The first-order valence-corrected chi connectivity index (χ1v) is 15.0. The van der Waals surface area contributed by atoms with E-state index in [1.807, 2.05) is 6.07 Å². The van der Waals surface area contributed by atoms with Gasteiger partial charge in [0.25, 0.3) is 10.0 Å². The molecule has 0 amide bonds. The summed E-state index contributed by atoms with van der Waals surface area (Å²) < 4.78 is 74.4. The second-order valence-corrected chi connectivity index (χ2v) is 12.1. The maximum absolute atomic E-state index is 13.7. The van der Waals surface area contributed by atoms with E-state index in [9.17, 15) is 31.6 Å². The zero-order valence-corrected chi connectivity index (χ0v) is 24.0. The van der Waals surface area contributed by atoms with Gasteiger partial charge >= 0.3 is 12.1 Å². The summed E-state index contributed by atoms with van der Waals surface area (Å²) in [5.41, 5.74) is -0.727. The molecule has 1 aliphatic carbocycles. The molecule has 3 aromatic heterocycles. The summed E-state index contributed by atoms with van der Waals surface area (Å²) in [6.45, 7) is 3.79. The van der Waals surface area contributed by atoms with Crippen LogP contribution in [0.25, 0.3) is 22.3 Å². The molecule has 10 nitrogen and oxygen atoms in total. The van der Waals surface area contributed by atoms with Crippen molar-refractivity contribution in [1.29, 1.82) is 5.26 Å². The molecule has 0 aliphatic heterocycles. The summed E-state index contributed by atoms with van der Waals surface area (Å²) in [6, 6.07) is 8.51. The van der Waals surface area contributed by atoms with E-state index < -0.39 is 21.8 Å². The molecule has 1 aliphatic rings. The van der Waals surface area contributed by atoms with Gasteiger partial charge in [0.2, 0.25) is 5.95 Å². The number of fused-ring (bicyclic) bond motifs is 1. The molecule has 1 saturated carbocycles. The van der Waals surface area contributed by atoms with Crippen LogP contribution in [0.3, 0.4) is 0 Å². The Balaban J connectivity index is 1.62. The Morgan fingerprint density at radius 1 is 1.19 bits per heavy atom. The third kappa shape index (κ3) is 6.03. The fourth-order valence-electron chi connectivity index (χ4n) is 5.15. The average Bonchev–Trinajstić information content (AvgIpc) is 3.37. The van der Waals surface area contributed by atoms with Crippen LogP contribution in [0.4, 0.5) is 19.1 Å². The topological polar surface area (TPSA) is 140 Å². The molecule has 0 radical (unpaired) electrons. The quantitative estimate of drug-likeness (QED) is 0.269. The highest BCUT2D eigenvalue weighted by Crippen LogP contribution is 2.37. The number of pyridine rings is 1. The minimum atomic E-state index is -4.76. The Bertz CT molecular complexity index is 1830. The molecule has 2 atom stereocenters. The predicted octanol–water partition coefficient (Wildman–Crippen LogP) is 5.46. The lowest BCUT2D eigenvalue weighted by atomic mass is 9.86. The fraction of sp³-hybridized carbons (Fsp3) is 0.345. The van der Waals surface area contributed by atoms with Crippen molar-refractivity contribution in [1.82, 2.24) is 18.9 Å². The molecule has 4 aromatic rings. The molecule has 2 unspecified atom stereocenters. The Morgan fingerprint density at radius 3 is 2.60 bits per heavy atom. The minimum Gasteiger partial charge on any atom is -0.466 e. The molecule has 5 rings (SSSR count). The number of hydrogen-bond acceptors (Lipinski definition) is 9. The van der Waals surface area contributed by atoms with E-state index in [-0.39, 0.29) is 63.2 Å². The zero-order valence-electron chi connectivity index (χ0n) is 23.2. The molecule has 1 N–H and O–H groups in total. The predicted molar refractivity (Wildman–Crippen MR) is 150 cm³/mol. The summed E-state index contributed by atoms with van der Waals surface area (Å²) in [4.78, 5) is 24.7. The van der Waals surface area contributed by atoms with Crippen molar-refractivity contribution in [3.8, 4) is 17.3 Å². The van der Waals surface area contributed by atoms with E-state index in [1.165, 1.54) is 18.3 Å². The van der Waals surface area contributed by atoms with Gasteiger partial charge in [0.05, 0.1) is 40.4 Å². The van der Waals surface area contributed by atoms with E-state index >= 15 is 0 Å². The van der Waals surface area contributed by atoms with E-state index in [0.29, 0.717) is 25.5 Å². The number of benzene rings is 1. The van der Waals surface area contributed by atoms with Crippen LogP contribution in [0.2, 0.25) is 0 Å². The van der Waals surface area contributed by atoms with Gasteiger partial charge in [-0.1, -0.05) is 24.1 Å². The van der Waals surface area contributed by atoms with E-state index in [2.05, 4.69) is 20.3 Å². The minimum absolute atomic E-state index is 0.0423. The number of anilines is 1. The fourth-order valence-corrected chi connectivity index (χ4v) is 6.47. The highest BCUT2D eigenvalue weighted by molar-refractivity contribution is 7.90. The Kier molecular flexibility index (Phi) is 8.11. The first kappa shape index (κ1) is 30.0. The molecule has 0 spiro atoms. The molecule has 0 bridgehead atoms. The number of halogens is 3. The number of carbonyl (C=O) groups excluding carboxylic acids is 1. The van der Waals surface area contributed by atoms with Crippen LogP contribution < -0.4 is 5.32 Å². The molecule has 0 saturated heterocycles. The number of nitrogens with zero attached hydrogens (tertiary/aromatic N) is 5. The van der Waals surface area contributed by atoms with Crippen molar-refractivity contribution >= 4 is 33.0 Å². The van der Waals surface area contributed by atoms with Crippen molar-refractivity contribution in [3.05, 3.63) is 65.6 Å². The first-order chi connectivity index (χ1) is 20.4. The largest absolute Gasteiger partial charge is 0.466 e. The van der Waals surface area contributed by atoms with Crippen molar-refractivity contribution in [3.63, 3.8) is 0 Å². The SMILES string of the molecule is CCOC(=O)C1CCCC(Nc2ncc(C#N)c(-c3cn(S(=O)(=O)c4ccc(C)cc4)c4ncc(C(F)(F)F)cc34)n2)C1. The first-order valence-electron chi connectivity index (χ1n) is 13.5. The van der Waals surface area contributed by atoms with Gasteiger partial charge < -0.3 is 10.1 Å². The summed E-state index contributed by atoms with van der Waals surface area (Å²) in [7, 11) is -4.30. The van der Waals surface area contributed by atoms with Gasteiger partial charge in [-0.15, -0.1) is 0 Å². The van der Waals surface area contributed by atoms with Gasteiger partial charge in [0.1, 0.15) is 6.07 Å². The van der Waals surface area contributed by atoms with Crippen molar-refractivity contribution < 1.29 is 31.1 Å². The molecule has 1 aromatic carbocycles. The molecule has 3 heterocycles. The van der Waals surface area contributed by atoms with Crippen LogP contribution in [-0.4, -0.2) is 46.0 Å². The number of aromatic nitrogens is 4. The van der Waals surface area contributed by atoms with Crippen molar-refractivity contribution in [2.75, 3.05) is 11.9 Å². The van der Waals surface area contributed by atoms with Crippen LogP contribution in [0.5, 0.6) is 0 Å². The Hall–Kier alpha value is -4.51. The third-order valence-electron chi connectivity index (χ3n) is 7.31. The van der Waals surface area contributed by atoms with E-state index in [0.717, 1.165) is 28.2 Å². The van der Waals surface area contributed by atoms with Crippen LogP contribution in [0.1, 0.15) is 49.3 Å². The number of nitriles is 1. The number of ether oxygens (including phenoxy) is 1. The normalized spacial score (nSPS) is 17.4. The summed E-state index contributed by atoms with van der Waals surface area (Å²) in [6.07, 6.45) is 0.747. The standard InChI is InChI=1S/C29H27F3N6O4S/c1-3-42-27(39)18-5-4-6-21(11-18)36-28-35-14-19(13-33)25(37-28)24-16-38(43(40,41)22-9-7-17(2)8-10-22)26-23(24)12-20(15-34-26)29(30,31)32/h7-10,12,14-16,18,21H,3-6,11H2,1-2H3,(H,35,36,37). The molecule has 224 valence electrons. The second-order valence-electron chi connectivity index (χ2n) is 10.3. The van der Waals surface area contributed by atoms with Gasteiger partial charge in [-0.05, 0) is 51.3 Å². The maximum atomic E-state index is 13.7. The van der Waals surface area contributed by atoms with Crippen LogP contribution >= 0.6 is 0 Å². The summed E-state index contributed by atoms with van der Waals surface area (Å²) >= 11 is 0. The van der Waals surface area contributed by atoms with E-state index in [4.69, 9.17) is 4.74 Å². The summed E-state index contributed by atoms with van der Waals surface area (Å²) in [5.74, 6) is -0.516. The van der Waals surface area contributed by atoms with Crippen LogP contribution in [0.15, 0.2) is 53.8 Å². The number of aryl methyl sites for hydroxylation is 1. The van der Waals surface area contributed by atoms with E-state index in [1.54, 1.807) is 26.0 Å². The lowest BCUT2D eigenvalue weighted by Gasteiger charge is -2.28. The summed E-state index contributed by atoms with van der Waals surface area (Å²) in [5, 5.41) is 12.8. The number of alkyl halides is 3. The molecule has 1 fully saturated rings. The Morgan fingerprint density at radius 2 is 1.93 bits per heavy atom. The number of rotatable bonds is 7. The van der Waals surface area contributed by atoms with Gasteiger partial charge in [0.15, 0.2) is 5.65 Å². The molecule has 43 heavy (non-hydrogen) atoms. The number of esters is 1. The Labute approximate surface area is 245 Å². The highest BCUT2D eigenvalue weighted by atomic mass is 32.2. The smallest absolute Gasteiger partial charge is 0.417 e. The van der Waals surface area contributed by atoms with Crippen LogP contribution in [-0.2, 0) is 25.7 Å². The maximum Gasteiger partial charge on any atom is 0.417 e. The lowest BCUT2D eigenvalue weighted by Crippen LogP contribution is -2.32. The average molecular weight is 613 g/mol.